The molecule has 0 unspecified atom stereocenters. The largest absolute Gasteiger partial charge is 0.468 e. The van der Waals surface area contributed by atoms with Gasteiger partial charge in [-0.3, -0.25) is 9.59 Å². The topological polar surface area (TPSA) is 43.4 Å². The summed E-state index contributed by atoms with van der Waals surface area (Å²) in [5, 5.41) is 0. The maximum atomic E-state index is 11.5. The monoisotopic (exact) mass is 184 g/mol. The van der Waals surface area contributed by atoms with Gasteiger partial charge in [0.2, 0.25) is 0 Å². The Morgan fingerprint density at radius 1 is 1.46 bits per heavy atom. The number of Topliss-reactive ketones (excluding diaryl/α,β-unsaturated/α-hetero) is 1. The molecule has 0 aromatic rings. The molecule has 0 radical (unpaired) electrons. The minimum atomic E-state index is -0.507. The molecule has 1 rings (SSSR count). The Bertz CT molecular complexity index is 210. The van der Waals surface area contributed by atoms with Crippen LogP contribution in [0.1, 0.15) is 32.6 Å². The van der Waals surface area contributed by atoms with Crippen molar-refractivity contribution in [2.45, 2.75) is 32.6 Å². The third-order valence-electron chi connectivity index (χ3n) is 2.70. The smallest absolute Gasteiger partial charge is 0.316 e. The van der Waals surface area contributed by atoms with E-state index in [9.17, 15) is 9.59 Å². The number of esters is 1. The zero-order valence-electron chi connectivity index (χ0n) is 8.21. The van der Waals surface area contributed by atoms with Crippen LogP contribution in [0.25, 0.3) is 0 Å². The average Bonchev–Trinajstić information content (AvgIpc) is 2.27. The summed E-state index contributed by atoms with van der Waals surface area (Å²) in [5.74, 6) is -0.675. The summed E-state index contributed by atoms with van der Waals surface area (Å²) < 4.78 is 4.63. The molecular weight excluding hydrogens is 168 g/mol. The first kappa shape index (κ1) is 10.2. The number of carbonyl (C=O) groups excluding carboxylic acids is 2. The molecule has 13 heavy (non-hydrogen) atoms. The van der Waals surface area contributed by atoms with Crippen LogP contribution in [0, 0.1) is 11.8 Å². The van der Waals surface area contributed by atoms with Gasteiger partial charge in [0.15, 0.2) is 0 Å². The highest BCUT2D eigenvalue weighted by atomic mass is 16.5. The third-order valence-corrected chi connectivity index (χ3v) is 2.70. The minimum Gasteiger partial charge on any atom is -0.468 e. The Kier molecular flexibility index (Phi) is 3.46. The molecule has 0 spiro atoms. The highest BCUT2D eigenvalue weighted by molar-refractivity contribution is 5.99. The van der Waals surface area contributed by atoms with Crippen LogP contribution in [0.3, 0.4) is 0 Å². The fourth-order valence-electron chi connectivity index (χ4n) is 1.90. The van der Waals surface area contributed by atoms with Crippen LogP contribution in [-0.4, -0.2) is 18.9 Å². The van der Waals surface area contributed by atoms with Crippen molar-refractivity contribution in [3.05, 3.63) is 0 Å². The van der Waals surface area contributed by atoms with Crippen LogP contribution >= 0.6 is 0 Å². The molecule has 0 heterocycles. The predicted molar refractivity (Wildman–Crippen MR) is 48.1 cm³/mol. The summed E-state index contributed by atoms with van der Waals surface area (Å²) >= 11 is 0. The van der Waals surface area contributed by atoms with Gasteiger partial charge in [-0.25, -0.2) is 0 Å². The van der Waals surface area contributed by atoms with Gasteiger partial charge in [-0.15, -0.1) is 0 Å². The predicted octanol–water partition coefficient (Wildman–Crippen LogP) is 1.55. The number of methoxy groups -OCH3 is 1. The lowest BCUT2D eigenvalue weighted by atomic mass is 9.89. The van der Waals surface area contributed by atoms with Gasteiger partial charge >= 0.3 is 5.97 Å². The van der Waals surface area contributed by atoms with E-state index in [0.717, 1.165) is 19.3 Å². The van der Waals surface area contributed by atoms with Crippen LogP contribution < -0.4 is 0 Å². The summed E-state index contributed by atoms with van der Waals surface area (Å²) in [7, 11) is 1.34. The number of ketones is 1. The molecule has 2 atom stereocenters. The van der Waals surface area contributed by atoms with Crippen molar-refractivity contribution in [1.82, 2.24) is 0 Å². The fraction of sp³-hybridized carbons (Fsp3) is 0.800. The Hall–Kier alpha value is -0.860. The second-order valence-electron chi connectivity index (χ2n) is 3.69. The van der Waals surface area contributed by atoms with Crippen molar-refractivity contribution >= 4 is 11.8 Å². The Labute approximate surface area is 78.5 Å². The first-order chi connectivity index (χ1) is 6.16. The molecule has 74 valence electrons. The molecular formula is C10H16O3. The average molecular weight is 184 g/mol. The van der Waals surface area contributed by atoms with Crippen LogP contribution in [0.4, 0.5) is 0 Å². The van der Waals surface area contributed by atoms with E-state index in [1.54, 1.807) is 0 Å². The zero-order valence-corrected chi connectivity index (χ0v) is 8.21. The van der Waals surface area contributed by atoms with E-state index >= 15 is 0 Å². The molecule has 0 bridgehead atoms. The van der Waals surface area contributed by atoms with Gasteiger partial charge in [0.1, 0.15) is 11.7 Å². The SMILES string of the molecule is COC(=O)[C@H]1C(=O)CCCC[C@@H]1C. The highest BCUT2D eigenvalue weighted by Gasteiger charge is 2.33. The lowest BCUT2D eigenvalue weighted by Crippen LogP contribution is -2.29. The van der Waals surface area contributed by atoms with Crippen molar-refractivity contribution in [2.24, 2.45) is 11.8 Å². The second kappa shape index (κ2) is 4.40. The van der Waals surface area contributed by atoms with Crippen molar-refractivity contribution < 1.29 is 14.3 Å². The van der Waals surface area contributed by atoms with Crippen LogP contribution in [0.15, 0.2) is 0 Å². The second-order valence-corrected chi connectivity index (χ2v) is 3.69. The number of rotatable bonds is 1. The van der Waals surface area contributed by atoms with Crippen LogP contribution in [-0.2, 0) is 14.3 Å². The number of carbonyl (C=O) groups is 2. The lowest BCUT2D eigenvalue weighted by Gasteiger charge is -2.16. The molecule has 0 aromatic carbocycles. The summed E-state index contributed by atoms with van der Waals surface area (Å²) in [6.45, 7) is 1.95. The van der Waals surface area contributed by atoms with Gasteiger partial charge in [-0.1, -0.05) is 13.3 Å². The summed E-state index contributed by atoms with van der Waals surface area (Å²) in [4.78, 5) is 22.8. The summed E-state index contributed by atoms with van der Waals surface area (Å²) in [6, 6.07) is 0. The van der Waals surface area contributed by atoms with Crippen molar-refractivity contribution in [2.75, 3.05) is 7.11 Å². The number of hydrogen-bond donors (Lipinski definition) is 0. The third kappa shape index (κ3) is 2.29. The first-order valence-corrected chi connectivity index (χ1v) is 4.77. The standard InChI is InChI=1S/C10H16O3/c1-7-5-3-4-6-8(11)9(7)10(12)13-2/h7,9H,3-6H2,1-2H3/t7-,9+/m0/s1. The van der Waals surface area contributed by atoms with Gasteiger partial charge in [-0.05, 0) is 18.8 Å². The highest BCUT2D eigenvalue weighted by Crippen LogP contribution is 2.26. The molecule has 0 aromatic heterocycles. The van der Waals surface area contributed by atoms with Gasteiger partial charge in [-0.2, -0.15) is 0 Å². The van der Waals surface area contributed by atoms with Crippen LogP contribution in [0.5, 0.6) is 0 Å². The van der Waals surface area contributed by atoms with Gasteiger partial charge in [0.25, 0.3) is 0 Å². The van der Waals surface area contributed by atoms with E-state index in [0.29, 0.717) is 6.42 Å². The molecule has 3 nitrogen and oxygen atoms in total. The van der Waals surface area contributed by atoms with Crippen molar-refractivity contribution in [3.8, 4) is 0 Å². The molecule has 0 saturated heterocycles. The molecule has 3 heteroatoms. The van der Waals surface area contributed by atoms with E-state index in [1.165, 1.54) is 7.11 Å². The molecule has 1 aliphatic carbocycles. The molecule has 1 saturated carbocycles. The van der Waals surface area contributed by atoms with E-state index < -0.39 is 5.92 Å². The number of ether oxygens (including phenoxy) is 1. The van der Waals surface area contributed by atoms with E-state index in [1.807, 2.05) is 6.92 Å². The summed E-state index contributed by atoms with van der Waals surface area (Å²) in [5.41, 5.74) is 0. The fourth-order valence-corrected chi connectivity index (χ4v) is 1.90. The number of hydrogen-bond acceptors (Lipinski definition) is 3. The van der Waals surface area contributed by atoms with Crippen LogP contribution in [0.2, 0.25) is 0 Å². The van der Waals surface area contributed by atoms with E-state index in [4.69, 9.17) is 0 Å². The zero-order chi connectivity index (χ0) is 9.84. The van der Waals surface area contributed by atoms with E-state index in [-0.39, 0.29) is 17.7 Å². The Morgan fingerprint density at radius 2 is 2.15 bits per heavy atom. The van der Waals surface area contributed by atoms with Crippen molar-refractivity contribution in [3.63, 3.8) is 0 Å². The lowest BCUT2D eigenvalue weighted by molar-refractivity contribution is -0.151. The molecule has 1 fully saturated rings. The van der Waals surface area contributed by atoms with Gasteiger partial charge in [0, 0.05) is 6.42 Å². The van der Waals surface area contributed by atoms with Gasteiger partial charge in [0.05, 0.1) is 7.11 Å². The normalized spacial score (nSPS) is 29.5. The Morgan fingerprint density at radius 3 is 2.77 bits per heavy atom. The molecule has 1 aliphatic rings. The van der Waals surface area contributed by atoms with E-state index in [2.05, 4.69) is 4.74 Å². The van der Waals surface area contributed by atoms with Crippen molar-refractivity contribution in [1.29, 1.82) is 0 Å². The molecule has 0 aliphatic heterocycles. The first-order valence-electron chi connectivity index (χ1n) is 4.77. The minimum absolute atomic E-state index is 0.0526. The maximum Gasteiger partial charge on any atom is 0.316 e. The summed E-state index contributed by atoms with van der Waals surface area (Å²) in [6.07, 6.45) is 3.44. The Balaban J connectivity index is 2.74. The quantitative estimate of drug-likeness (QED) is 0.353. The maximum absolute atomic E-state index is 11.5. The van der Waals surface area contributed by atoms with Gasteiger partial charge < -0.3 is 4.74 Å². The molecule has 0 N–H and O–H groups in total. The molecule has 0 amide bonds.